The molecule has 0 amide bonds. The second-order valence-corrected chi connectivity index (χ2v) is 4.67. The fraction of sp³-hybridized carbons (Fsp3) is 0. The Morgan fingerprint density at radius 1 is 0.464 bits per heavy atom. The van der Waals surface area contributed by atoms with Gasteiger partial charge < -0.3 is 39.6 Å². The minimum absolute atomic E-state index is 0. The maximum atomic E-state index is 11.0. The van der Waals surface area contributed by atoms with Crippen molar-refractivity contribution in [3.8, 4) is 11.1 Å². The zero-order valence-corrected chi connectivity index (χ0v) is 23.7. The van der Waals surface area contributed by atoms with E-state index < -0.39 is 46.1 Å². The molecule has 0 radical (unpaired) electrons. The predicted molar refractivity (Wildman–Crippen MR) is 69.2 cm³/mol. The average molecular weight is 418 g/mol. The minimum Gasteiger partial charge on any atom is -0.545 e. The smallest absolute Gasteiger partial charge is 0.545 e. The van der Waals surface area contributed by atoms with E-state index in [0.29, 0.717) is 0 Å². The predicted octanol–water partition coefficient (Wildman–Crippen LogP) is -15.2. The van der Waals surface area contributed by atoms with Gasteiger partial charge in [0.1, 0.15) is 0 Å². The second-order valence-electron chi connectivity index (χ2n) is 4.67. The van der Waals surface area contributed by atoms with Gasteiger partial charge in [-0.15, -0.1) is 0 Å². The number of hydrogen-bond donors (Lipinski definition) is 0. The Hall–Kier alpha value is 0.320. The molecule has 0 aliphatic rings. The van der Waals surface area contributed by atoms with E-state index in [4.69, 9.17) is 0 Å². The van der Waals surface area contributed by atoms with Crippen LogP contribution in [0.4, 0.5) is 0 Å². The van der Waals surface area contributed by atoms with Crippen molar-refractivity contribution in [1.29, 1.82) is 0 Å². The largest absolute Gasteiger partial charge is 1.00 e. The number of rotatable bonds is 5. The molecule has 0 aliphatic carbocycles. The zero-order chi connectivity index (χ0) is 18.0. The van der Waals surface area contributed by atoms with E-state index in [-0.39, 0.29) is 129 Å². The second kappa shape index (κ2) is 14.3. The van der Waals surface area contributed by atoms with Crippen LogP contribution >= 0.6 is 0 Å². The van der Waals surface area contributed by atoms with Crippen molar-refractivity contribution < 1.29 is 158 Å². The first kappa shape index (κ1) is 33.0. The Bertz CT molecular complexity index is 825. The number of hydrogen-bond acceptors (Lipinski definition) is 8. The van der Waals surface area contributed by atoms with E-state index >= 15 is 0 Å². The molecule has 0 saturated carbocycles. The fourth-order valence-corrected chi connectivity index (χ4v) is 2.14. The summed E-state index contributed by atoms with van der Waals surface area (Å²) < 4.78 is 0. The quantitative estimate of drug-likeness (QED) is 0.433. The third-order valence-electron chi connectivity index (χ3n) is 3.25. The Kier molecular flexibility index (Phi) is 16.9. The third-order valence-corrected chi connectivity index (χ3v) is 3.25. The molecule has 2 aromatic rings. The molecule has 122 valence electrons. The number of carbonyl (C=O) groups is 4. The minimum atomic E-state index is -1.76. The van der Waals surface area contributed by atoms with Crippen molar-refractivity contribution in [3.05, 3.63) is 58.7 Å². The number of benzene rings is 2. The molecule has 0 aromatic heterocycles. The SMILES string of the molecule is O=C([O-])c1ccc(-c2ccc(C(=O)[O-])c(C(=O)[O-])c2)cc1C(=O)[O-].[Na+].[Na+].[Na+].[Na+]. The van der Waals surface area contributed by atoms with Crippen LogP contribution in [0.25, 0.3) is 11.1 Å². The van der Waals surface area contributed by atoms with Gasteiger partial charge in [0.25, 0.3) is 0 Å². The van der Waals surface area contributed by atoms with Crippen molar-refractivity contribution in [2.75, 3.05) is 0 Å². The number of carboxylic acid groups (broad SMARTS) is 4. The molecule has 2 rings (SSSR count). The molecule has 0 aliphatic heterocycles. The molecule has 0 bridgehead atoms. The van der Waals surface area contributed by atoms with Gasteiger partial charge in [-0.2, -0.15) is 0 Å². The van der Waals surface area contributed by atoms with Gasteiger partial charge in [-0.05, 0) is 23.3 Å². The first-order chi connectivity index (χ1) is 11.2. The van der Waals surface area contributed by atoms with Crippen LogP contribution in [0.5, 0.6) is 0 Å². The molecule has 8 nitrogen and oxygen atoms in total. The summed E-state index contributed by atoms with van der Waals surface area (Å²) in [5.74, 6) is -6.96. The van der Waals surface area contributed by atoms with Gasteiger partial charge in [-0.3, -0.25) is 0 Å². The summed E-state index contributed by atoms with van der Waals surface area (Å²) in [6.07, 6.45) is 0. The van der Waals surface area contributed by atoms with Crippen molar-refractivity contribution in [3.63, 3.8) is 0 Å². The summed E-state index contributed by atoms with van der Waals surface area (Å²) in [6, 6.07) is 6.25. The van der Waals surface area contributed by atoms with Gasteiger partial charge in [0.2, 0.25) is 0 Å². The molecule has 0 N–H and O–H groups in total. The van der Waals surface area contributed by atoms with Gasteiger partial charge in [0, 0.05) is 22.3 Å². The van der Waals surface area contributed by atoms with E-state index in [1.807, 2.05) is 0 Å². The Balaban J connectivity index is -0.00000156. The Morgan fingerprint density at radius 3 is 0.929 bits per heavy atom. The molecule has 0 saturated heterocycles. The van der Waals surface area contributed by atoms with Crippen molar-refractivity contribution in [1.82, 2.24) is 0 Å². The normalized spacial score (nSPS) is 8.71. The van der Waals surface area contributed by atoms with Crippen molar-refractivity contribution in [2.45, 2.75) is 0 Å². The van der Waals surface area contributed by atoms with Gasteiger partial charge in [0.15, 0.2) is 0 Å². The van der Waals surface area contributed by atoms with Crippen molar-refractivity contribution >= 4 is 23.9 Å². The van der Waals surface area contributed by atoms with E-state index in [1.165, 1.54) is 12.1 Å². The maximum Gasteiger partial charge on any atom is 1.00 e. The summed E-state index contributed by atoms with van der Waals surface area (Å²) in [5, 5.41) is 43.8. The summed E-state index contributed by atoms with van der Waals surface area (Å²) in [6.45, 7) is 0. The molecule has 2 aromatic carbocycles. The first-order valence-corrected chi connectivity index (χ1v) is 6.36. The molecule has 28 heavy (non-hydrogen) atoms. The molecule has 0 unspecified atom stereocenters. The molecule has 0 fully saturated rings. The van der Waals surface area contributed by atoms with E-state index in [0.717, 1.165) is 24.3 Å². The molecular weight excluding hydrogens is 412 g/mol. The van der Waals surface area contributed by atoms with Gasteiger partial charge in [-0.25, -0.2) is 0 Å². The molecule has 0 atom stereocenters. The van der Waals surface area contributed by atoms with E-state index in [9.17, 15) is 39.6 Å². The van der Waals surface area contributed by atoms with Crippen LogP contribution in [0, 0.1) is 0 Å². The van der Waals surface area contributed by atoms with E-state index in [2.05, 4.69) is 0 Å². The monoisotopic (exact) mass is 418 g/mol. The number of carboxylic acids is 4. The first-order valence-electron chi connectivity index (χ1n) is 6.36. The topological polar surface area (TPSA) is 161 Å². The van der Waals surface area contributed by atoms with Crippen LogP contribution in [-0.4, -0.2) is 23.9 Å². The van der Waals surface area contributed by atoms with Crippen molar-refractivity contribution in [2.24, 2.45) is 0 Å². The van der Waals surface area contributed by atoms with Crippen LogP contribution in [0.3, 0.4) is 0 Å². The van der Waals surface area contributed by atoms with Crippen LogP contribution in [-0.2, 0) is 0 Å². The van der Waals surface area contributed by atoms with Crippen LogP contribution in [0.2, 0.25) is 0 Å². The van der Waals surface area contributed by atoms with Gasteiger partial charge >= 0.3 is 118 Å². The van der Waals surface area contributed by atoms with Gasteiger partial charge in [-0.1, -0.05) is 24.3 Å². The van der Waals surface area contributed by atoms with Gasteiger partial charge in [0.05, 0.1) is 23.9 Å². The Labute approximate surface area is 247 Å². The van der Waals surface area contributed by atoms with Crippen LogP contribution in [0.1, 0.15) is 41.4 Å². The maximum absolute atomic E-state index is 11.0. The Morgan fingerprint density at radius 2 is 0.714 bits per heavy atom. The molecular formula is C16H6Na4O8. The molecule has 0 heterocycles. The summed E-state index contributed by atoms with van der Waals surface area (Å²) >= 11 is 0. The number of aromatic carboxylic acids is 4. The standard InChI is InChI=1S/C16H10O8.4Na/c17-13(18)9-3-1-7(5-11(9)15(21)22)8-2-4-10(14(19)20)12(6-8)16(23)24;;;;/h1-6H,(H,17,18)(H,19,20)(H,21,22)(H,23,24);;;;/q;4*+1/p-4. The number of carbonyl (C=O) groups excluding carboxylic acids is 4. The third kappa shape index (κ3) is 7.86. The van der Waals surface area contributed by atoms with Crippen LogP contribution < -0.4 is 139 Å². The average Bonchev–Trinajstić information content (AvgIpc) is 2.53. The molecule has 0 spiro atoms. The van der Waals surface area contributed by atoms with Crippen LogP contribution in [0.15, 0.2) is 36.4 Å². The summed E-state index contributed by atoms with van der Waals surface area (Å²) in [4.78, 5) is 43.8. The zero-order valence-electron chi connectivity index (χ0n) is 15.7. The fourth-order valence-electron chi connectivity index (χ4n) is 2.14. The molecule has 12 heteroatoms. The summed E-state index contributed by atoms with van der Waals surface area (Å²) in [5.41, 5.74) is -2.27. The van der Waals surface area contributed by atoms with E-state index in [1.54, 1.807) is 0 Å². The summed E-state index contributed by atoms with van der Waals surface area (Å²) in [7, 11) is 0.